The lowest BCUT2D eigenvalue weighted by molar-refractivity contribution is -0.224. The number of alkyl halides is 1. The van der Waals surface area contributed by atoms with E-state index < -0.39 is 0 Å². The number of ether oxygens (including phenoxy) is 2. The summed E-state index contributed by atoms with van der Waals surface area (Å²) in [4.78, 5) is 0.376. The first kappa shape index (κ1) is 14.0. The van der Waals surface area contributed by atoms with Gasteiger partial charge in [0.1, 0.15) is 0 Å². The molecule has 100 valence electrons. The minimum absolute atomic E-state index is 0.0400. The molecule has 1 unspecified atom stereocenters. The summed E-state index contributed by atoms with van der Waals surface area (Å²) in [5.74, 6) is 0. The fourth-order valence-corrected chi connectivity index (χ4v) is 2.57. The van der Waals surface area contributed by atoms with E-state index in [-0.39, 0.29) is 11.7 Å². The molecule has 1 aliphatic rings. The molecule has 1 aromatic carbocycles. The SMILES string of the molecule is CC1(C)COC(CCC(Br)c2ccccc2)OC1. The Hall–Kier alpha value is -0.380. The summed E-state index contributed by atoms with van der Waals surface area (Å²) < 4.78 is 11.5. The Morgan fingerprint density at radius 1 is 1.22 bits per heavy atom. The normalized spacial score (nSPS) is 21.7. The average Bonchev–Trinajstić information content (AvgIpc) is 2.38. The fraction of sp³-hybridized carbons (Fsp3) is 0.600. The number of hydrogen-bond acceptors (Lipinski definition) is 2. The Labute approximate surface area is 118 Å². The van der Waals surface area contributed by atoms with Crippen molar-refractivity contribution in [3.05, 3.63) is 35.9 Å². The van der Waals surface area contributed by atoms with Gasteiger partial charge in [0.25, 0.3) is 0 Å². The molecule has 0 bridgehead atoms. The van der Waals surface area contributed by atoms with Gasteiger partial charge in [0.2, 0.25) is 0 Å². The van der Waals surface area contributed by atoms with Gasteiger partial charge in [0.05, 0.1) is 13.2 Å². The van der Waals surface area contributed by atoms with Crippen LogP contribution in [-0.2, 0) is 9.47 Å². The lowest BCUT2D eigenvalue weighted by Crippen LogP contribution is -2.37. The van der Waals surface area contributed by atoms with E-state index in [1.165, 1.54) is 5.56 Å². The first-order chi connectivity index (χ1) is 8.57. The zero-order chi connectivity index (χ0) is 13.0. The van der Waals surface area contributed by atoms with Gasteiger partial charge in [-0.2, -0.15) is 0 Å². The van der Waals surface area contributed by atoms with Crippen LogP contribution in [0.4, 0.5) is 0 Å². The standard InChI is InChI=1S/C15H21BrO2/c1-15(2)10-17-14(18-11-15)9-8-13(16)12-6-4-3-5-7-12/h3-7,13-14H,8-11H2,1-2H3. The van der Waals surface area contributed by atoms with Crippen LogP contribution in [-0.4, -0.2) is 19.5 Å². The maximum Gasteiger partial charge on any atom is 0.157 e. The van der Waals surface area contributed by atoms with E-state index in [1.807, 2.05) is 6.07 Å². The van der Waals surface area contributed by atoms with Crippen molar-refractivity contribution < 1.29 is 9.47 Å². The summed E-state index contributed by atoms with van der Waals surface area (Å²) in [6, 6.07) is 10.5. The van der Waals surface area contributed by atoms with E-state index in [0.29, 0.717) is 4.83 Å². The molecule has 1 aromatic rings. The Bertz CT molecular complexity index is 354. The quantitative estimate of drug-likeness (QED) is 0.772. The van der Waals surface area contributed by atoms with Crippen LogP contribution in [0, 0.1) is 5.41 Å². The largest absolute Gasteiger partial charge is 0.352 e. The minimum atomic E-state index is -0.0400. The van der Waals surface area contributed by atoms with Gasteiger partial charge in [-0.1, -0.05) is 60.1 Å². The van der Waals surface area contributed by atoms with Gasteiger partial charge in [0, 0.05) is 10.2 Å². The second kappa shape index (κ2) is 6.18. The zero-order valence-electron chi connectivity index (χ0n) is 11.1. The second-order valence-corrected chi connectivity index (χ2v) is 6.78. The van der Waals surface area contributed by atoms with Crippen LogP contribution in [0.2, 0.25) is 0 Å². The maximum absolute atomic E-state index is 5.74. The van der Waals surface area contributed by atoms with Crippen molar-refractivity contribution in [3.63, 3.8) is 0 Å². The Morgan fingerprint density at radius 2 is 1.83 bits per heavy atom. The minimum Gasteiger partial charge on any atom is -0.352 e. The highest BCUT2D eigenvalue weighted by Crippen LogP contribution is 2.31. The van der Waals surface area contributed by atoms with E-state index >= 15 is 0 Å². The Morgan fingerprint density at radius 3 is 2.44 bits per heavy atom. The van der Waals surface area contributed by atoms with Crippen molar-refractivity contribution in [2.45, 2.75) is 37.8 Å². The second-order valence-electron chi connectivity index (χ2n) is 5.67. The molecule has 0 spiro atoms. The number of halogens is 1. The van der Waals surface area contributed by atoms with E-state index in [0.717, 1.165) is 26.1 Å². The molecule has 1 atom stereocenters. The van der Waals surface area contributed by atoms with Crippen molar-refractivity contribution in [1.29, 1.82) is 0 Å². The van der Waals surface area contributed by atoms with Crippen LogP contribution >= 0.6 is 15.9 Å². The topological polar surface area (TPSA) is 18.5 Å². The highest BCUT2D eigenvalue weighted by atomic mass is 79.9. The van der Waals surface area contributed by atoms with Crippen molar-refractivity contribution in [3.8, 4) is 0 Å². The number of benzene rings is 1. The zero-order valence-corrected chi connectivity index (χ0v) is 12.7. The summed E-state index contributed by atoms with van der Waals surface area (Å²) in [6.45, 7) is 5.91. The molecule has 0 amide bonds. The lowest BCUT2D eigenvalue weighted by atomic mass is 9.95. The van der Waals surface area contributed by atoms with E-state index in [2.05, 4.69) is 54.0 Å². The fourth-order valence-electron chi connectivity index (χ4n) is 2.00. The molecule has 0 aromatic heterocycles. The van der Waals surface area contributed by atoms with Crippen LogP contribution in [0.15, 0.2) is 30.3 Å². The Kier molecular flexibility index (Phi) is 4.82. The number of hydrogen-bond donors (Lipinski definition) is 0. The van der Waals surface area contributed by atoms with E-state index in [9.17, 15) is 0 Å². The van der Waals surface area contributed by atoms with Gasteiger partial charge < -0.3 is 9.47 Å². The van der Waals surface area contributed by atoms with Gasteiger partial charge in [0.15, 0.2) is 6.29 Å². The van der Waals surface area contributed by atoms with E-state index in [1.54, 1.807) is 0 Å². The van der Waals surface area contributed by atoms with Gasteiger partial charge in [-0.05, 0) is 18.4 Å². The molecule has 1 fully saturated rings. The van der Waals surface area contributed by atoms with Crippen LogP contribution < -0.4 is 0 Å². The van der Waals surface area contributed by atoms with Crippen molar-refractivity contribution >= 4 is 15.9 Å². The third-order valence-corrected chi connectivity index (χ3v) is 4.12. The molecule has 0 aliphatic carbocycles. The van der Waals surface area contributed by atoms with Gasteiger partial charge >= 0.3 is 0 Å². The van der Waals surface area contributed by atoms with E-state index in [4.69, 9.17) is 9.47 Å². The lowest BCUT2D eigenvalue weighted by Gasteiger charge is -2.34. The Balaban J connectivity index is 1.76. The monoisotopic (exact) mass is 312 g/mol. The summed E-state index contributed by atoms with van der Waals surface area (Å²) in [5, 5.41) is 0. The summed E-state index contributed by atoms with van der Waals surface area (Å²) in [6.07, 6.45) is 1.91. The molecular formula is C15H21BrO2. The van der Waals surface area contributed by atoms with Crippen molar-refractivity contribution in [2.24, 2.45) is 5.41 Å². The molecule has 1 heterocycles. The third kappa shape index (κ3) is 4.08. The summed E-state index contributed by atoms with van der Waals surface area (Å²) in [5.41, 5.74) is 1.47. The highest BCUT2D eigenvalue weighted by molar-refractivity contribution is 9.09. The van der Waals surface area contributed by atoms with Crippen LogP contribution in [0.3, 0.4) is 0 Å². The first-order valence-electron chi connectivity index (χ1n) is 6.49. The number of rotatable bonds is 4. The first-order valence-corrected chi connectivity index (χ1v) is 7.41. The predicted octanol–water partition coefficient (Wildman–Crippen LogP) is 4.30. The van der Waals surface area contributed by atoms with Gasteiger partial charge in [-0.3, -0.25) is 0 Å². The molecule has 1 aliphatic heterocycles. The molecule has 2 nitrogen and oxygen atoms in total. The van der Waals surface area contributed by atoms with Crippen LogP contribution in [0.5, 0.6) is 0 Å². The van der Waals surface area contributed by atoms with Gasteiger partial charge in [-0.25, -0.2) is 0 Å². The molecule has 2 rings (SSSR count). The molecule has 1 saturated heterocycles. The third-order valence-electron chi connectivity index (χ3n) is 3.14. The molecule has 18 heavy (non-hydrogen) atoms. The van der Waals surface area contributed by atoms with Crippen molar-refractivity contribution in [1.82, 2.24) is 0 Å². The molecule has 0 N–H and O–H groups in total. The summed E-state index contributed by atoms with van der Waals surface area (Å²) in [7, 11) is 0. The predicted molar refractivity (Wildman–Crippen MR) is 76.8 cm³/mol. The van der Waals surface area contributed by atoms with Crippen molar-refractivity contribution in [2.75, 3.05) is 13.2 Å². The maximum atomic E-state index is 5.74. The molecule has 0 radical (unpaired) electrons. The molecular weight excluding hydrogens is 292 g/mol. The van der Waals surface area contributed by atoms with Crippen LogP contribution in [0.25, 0.3) is 0 Å². The molecule has 3 heteroatoms. The van der Waals surface area contributed by atoms with Gasteiger partial charge in [-0.15, -0.1) is 0 Å². The molecule has 0 saturated carbocycles. The highest BCUT2D eigenvalue weighted by Gasteiger charge is 2.28. The average molecular weight is 313 g/mol. The summed E-state index contributed by atoms with van der Waals surface area (Å²) >= 11 is 3.72. The smallest absolute Gasteiger partial charge is 0.157 e. The van der Waals surface area contributed by atoms with Crippen LogP contribution in [0.1, 0.15) is 37.1 Å².